The van der Waals surface area contributed by atoms with Crippen LogP contribution in [0.4, 0.5) is 5.69 Å². The highest BCUT2D eigenvalue weighted by Crippen LogP contribution is 2.26. The second-order valence-electron chi connectivity index (χ2n) is 4.69. The van der Waals surface area contributed by atoms with Crippen LogP contribution in [-0.2, 0) is 9.84 Å². The van der Waals surface area contributed by atoms with Crippen LogP contribution < -0.4 is 5.32 Å². The van der Waals surface area contributed by atoms with E-state index in [0.29, 0.717) is 15.6 Å². The third-order valence-electron chi connectivity index (χ3n) is 3.03. The zero-order valence-corrected chi connectivity index (χ0v) is 12.9. The molecule has 0 saturated heterocycles. The van der Waals surface area contributed by atoms with Crippen molar-refractivity contribution in [3.05, 3.63) is 59.1 Å². The van der Waals surface area contributed by atoms with E-state index in [0.717, 1.165) is 5.56 Å². The van der Waals surface area contributed by atoms with Crippen LogP contribution in [0.2, 0.25) is 5.02 Å². The monoisotopic (exact) mass is 309 g/mol. The van der Waals surface area contributed by atoms with E-state index in [9.17, 15) is 8.42 Å². The first kappa shape index (κ1) is 14.9. The van der Waals surface area contributed by atoms with Gasteiger partial charge in [-0.2, -0.15) is 0 Å². The van der Waals surface area contributed by atoms with Crippen LogP contribution in [0, 0.1) is 0 Å². The maximum absolute atomic E-state index is 11.8. The Balaban J connectivity index is 2.28. The van der Waals surface area contributed by atoms with Gasteiger partial charge in [-0.25, -0.2) is 8.42 Å². The molecule has 106 valence electrons. The normalized spacial score (nSPS) is 12.9. The topological polar surface area (TPSA) is 46.2 Å². The van der Waals surface area contributed by atoms with E-state index in [1.807, 2.05) is 37.3 Å². The van der Waals surface area contributed by atoms with Gasteiger partial charge in [0.25, 0.3) is 0 Å². The SMILES string of the molecule is CC(Nc1ccccc1S(C)(=O)=O)c1ccc(Cl)cc1. The van der Waals surface area contributed by atoms with Gasteiger partial charge in [-0.3, -0.25) is 0 Å². The van der Waals surface area contributed by atoms with E-state index < -0.39 is 9.84 Å². The molecule has 0 aliphatic carbocycles. The Labute approximate surface area is 124 Å². The molecule has 0 aromatic heterocycles. The van der Waals surface area contributed by atoms with E-state index in [2.05, 4.69) is 5.32 Å². The Bertz CT molecular complexity index is 696. The van der Waals surface area contributed by atoms with Gasteiger partial charge in [0, 0.05) is 17.3 Å². The van der Waals surface area contributed by atoms with Gasteiger partial charge in [-0.05, 0) is 36.8 Å². The van der Waals surface area contributed by atoms with Crippen LogP contribution in [0.1, 0.15) is 18.5 Å². The van der Waals surface area contributed by atoms with Gasteiger partial charge in [0.05, 0.1) is 10.6 Å². The Morgan fingerprint density at radius 3 is 2.25 bits per heavy atom. The molecule has 20 heavy (non-hydrogen) atoms. The number of benzene rings is 2. The van der Waals surface area contributed by atoms with Crippen LogP contribution in [-0.4, -0.2) is 14.7 Å². The Morgan fingerprint density at radius 2 is 1.65 bits per heavy atom. The van der Waals surface area contributed by atoms with Crippen LogP contribution in [0.15, 0.2) is 53.4 Å². The lowest BCUT2D eigenvalue weighted by molar-refractivity contribution is 0.602. The first-order valence-electron chi connectivity index (χ1n) is 6.19. The fraction of sp³-hybridized carbons (Fsp3) is 0.200. The zero-order chi connectivity index (χ0) is 14.8. The van der Waals surface area contributed by atoms with Crippen LogP contribution in [0.5, 0.6) is 0 Å². The summed E-state index contributed by atoms with van der Waals surface area (Å²) >= 11 is 5.86. The van der Waals surface area contributed by atoms with Crippen molar-refractivity contribution in [3.63, 3.8) is 0 Å². The van der Waals surface area contributed by atoms with Gasteiger partial charge in [-0.1, -0.05) is 35.9 Å². The Kier molecular flexibility index (Phi) is 4.35. The van der Waals surface area contributed by atoms with Gasteiger partial charge < -0.3 is 5.32 Å². The van der Waals surface area contributed by atoms with Gasteiger partial charge >= 0.3 is 0 Å². The average Bonchev–Trinajstić information content (AvgIpc) is 2.38. The lowest BCUT2D eigenvalue weighted by atomic mass is 10.1. The second-order valence-corrected chi connectivity index (χ2v) is 7.11. The standard InChI is InChI=1S/C15H16ClNO2S/c1-11(12-7-9-13(16)10-8-12)17-14-5-3-4-6-15(14)20(2,18)19/h3-11,17H,1-2H3. The van der Waals surface area contributed by atoms with Crippen LogP contribution in [0.3, 0.4) is 0 Å². The summed E-state index contributed by atoms with van der Waals surface area (Å²) < 4.78 is 23.5. The minimum Gasteiger partial charge on any atom is -0.377 e. The van der Waals surface area contributed by atoms with E-state index >= 15 is 0 Å². The predicted octanol–water partition coefficient (Wildman–Crippen LogP) is 3.92. The Hall–Kier alpha value is -1.52. The first-order valence-corrected chi connectivity index (χ1v) is 8.46. The summed E-state index contributed by atoms with van der Waals surface area (Å²) in [4.78, 5) is 0.306. The van der Waals surface area contributed by atoms with Gasteiger partial charge in [0.1, 0.15) is 0 Å². The molecule has 0 bridgehead atoms. The highest BCUT2D eigenvalue weighted by molar-refractivity contribution is 7.90. The molecule has 0 heterocycles. The fourth-order valence-electron chi connectivity index (χ4n) is 1.98. The summed E-state index contributed by atoms with van der Waals surface area (Å²) in [6, 6.07) is 14.4. The number of para-hydroxylation sites is 1. The molecule has 0 spiro atoms. The largest absolute Gasteiger partial charge is 0.377 e. The number of anilines is 1. The van der Waals surface area contributed by atoms with Crippen molar-refractivity contribution in [2.45, 2.75) is 17.9 Å². The van der Waals surface area contributed by atoms with Crippen molar-refractivity contribution in [1.82, 2.24) is 0 Å². The van der Waals surface area contributed by atoms with Gasteiger partial charge in [0.15, 0.2) is 9.84 Å². The summed E-state index contributed by atoms with van der Waals surface area (Å²) in [6.45, 7) is 1.97. The highest BCUT2D eigenvalue weighted by atomic mass is 35.5. The molecule has 0 radical (unpaired) electrons. The number of hydrogen-bond donors (Lipinski definition) is 1. The molecular weight excluding hydrogens is 294 g/mol. The first-order chi connectivity index (χ1) is 9.38. The molecular formula is C15H16ClNO2S. The van der Waals surface area contributed by atoms with E-state index in [-0.39, 0.29) is 6.04 Å². The van der Waals surface area contributed by atoms with Gasteiger partial charge in [-0.15, -0.1) is 0 Å². The van der Waals surface area contributed by atoms with Crippen molar-refractivity contribution >= 4 is 27.1 Å². The van der Waals surface area contributed by atoms with E-state index in [4.69, 9.17) is 11.6 Å². The van der Waals surface area contributed by atoms with Crippen molar-refractivity contribution in [2.24, 2.45) is 0 Å². The minimum absolute atomic E-state index is 0.0184. The molecule has 0 aliphatic rings. The molecule has 0 amide bonds. The molecule has 2 rings (SSSR count). The molecule has 2 aromatic rings. The summed E-state index contributed by atoms with van der Waals surface area (Å²) in [5.41, 5.74) is 1.65. The molecule has 0 fully saturated rings. The average molecular weight is 310 g/mol. The lowest BCUT2D eigenvalue weighted by Gasteiger charge is -2.18. The third kappa shape index (κ3) is 3.52. The summed E-state index contributed by atoms with van der Waals surface area (Å²) in [7, 11) is -3.25. The zero-order valence-electron chi connectivity index (χ0n) is 11.3. The van der Waals surface area contributed by atoms with Crippen LogP contribution in [0.25, 0.3) is 0 Å². The van der Waals surface area contributed by atoms with Gasteiger partial charge in [0.2, 0.25) is 0 Å². The van der Waals surface area contributed by atoms with E-state index in [1.165, 1.54) is 6.26 Å². The van der Waals surface area contributed by atoms with Crippen molar-refractivity contribution in [3.8, 4) is 0 Å². The van der Waals surface area contributed by atoms with Crippen molar-refractivity contribution in [1.29, 1.82) is 0 Å². The smallest absolute Gasteiger partial charge is 0.177 e. The molecule has 2 aromatic carbocycles. The summed E-state index contributed by atoms with van der Waals surface area (Å²) in [6.07, 6.45) is 1.21. The lowest BCUT2D eigenvalue weighted by Crippen LogP contribution is -2.10. The van der Waals surface area contributed by atoms with E-state index in [1.54, 1.807) is 18.2 Å². The quantitative estimate of drug-likeness (QED) is 0.931. The minimum atomic E-state index is -3.25. The molecule has 1 unspecified atom stereocenters. The predicted molar refractivity (Wildman–Crippen MR) is 83.0 cm³/mol. The molecule has 5 heteroatoms. The summed E-state index contributed by atoms with van der Waals surface area (Å²) in [5.74, 6) is 0. The maximum Gasteiger partial charge on any atom is 0.177 e. The molecule has 0 aliphatic heterocycles. The third-order valence-corrected chi connectivity index (χ3v) is 4.44. The maximum atomic E-state index is 11.8. The second kappa shape index (κ2) is 5.85. The molecule has 0 saturated carbocycles. The Morgan fingerprint density at radius 1 is 1.05 bits per heavy atom. The number of hydrogen-bond acceptors (Lipinski definition) is 3. The highest BCUT2D eigenvalue weighted by Gasteiger charge is 2.14. The van der Waals surface area contributed by atoms with Crippen LogP contribution >= 0.6 is 11.6 Å². The molecule has 3 nitrogen and oxygen atoms in total. The fourth-order valence-corrected chi connectivity index (χ4v) is 2.96. The summed E-state index contributed by atoms with van der Waals surface area (Å²) in [5, 5.41) is 3.91. The number of sulfone groups is 1. The van der Waals surface area contributed by atoms with Crippen molar-refractivity contribution < 1.29 is 8.42 Å². The molecule has 1 atom stereocenters. The number of nitrogens with one attached hydrogen (secondary N) is 1. The van der Waals surface area contributed by atoms with Crippen molar-refractivity contribution in [2.75, 3.05) is 11.6 Å². The number of rotatable bonds is 4. The molecule has 1 N–H and O–H groups in total. The number of halogens is 1.